The monoisotopic (exact) mass is 815 g/mol. The standard InChI is InChI=1S/C59H54BN3/c1-39-32-53-55-54(33-39)63-56-49(58(5)30-15-16-31-59(58,63)6)36-44(57(2,3)4)37-51(56)60(55)50-29-28-48(38-52(50)62(53)46-23-11-8-12-24-46)61(45-21-9-7-10-22-45)47-25-17-20-42(35-47)43-27-26-40-18-13-14-19-41(40)34-43/h7-14,17-29,32-38H,15-16,30-31H2,1-6H3. The van der Waals surface area contributed by atoms with Crippen molar-refractivity contribution in [2.24, 2.45) is 0 Å². The number of hydrogen-bond acceptors (Lipinski definition) is 3. The quantitative estimate of drug-likeness (QED) is 0.160. The van der Waals surface area contributed by atoms with Gasteiger partial charge in [-0.1, -0.05) is 144 Å². The van der Waals surface area contributed by atoms with Crippen LogP contribution in [-0.4, -0.2) is 12.3 Å². The minimum Gasteiger partial charge on any atom is -0.335 e. The van der Waals surface area contributed by atoms with Crippen molar-refractivity contribution in [3.05, 3.63) is 187 Å². The smallest absolute Gasteiger partial charge is 0.252 e. The third-order valence-corrected chi connectivity index (χ3v) is 15.5. The fourth-order valence-corrected chi connectivity index (χ4v) is 12.1. The zero-order chi connectivity index (χ0) is 42.8. The van der Waals surface area contributed by atoms with E-state index in [1.807, 2.05) is 0 Å². The molecular weight excluding hydrogens is 761 g/mol. The molecule has 2 atom stereocenters. The lowest BCUT2D eigenvalue weighted by atomic mass is 9.33. The maximum atomic E-state index is 2.85. The Bertz CT molecular complexity index is 3130. The topological polar surface area (TPSA) is 9.72 Å². The molecule has 0 amide bonds. The van der Waals surface area contributed by atoms with Gasteiger partial charge < -0.3 is 14.7 Å². The second kappa shape index (κ2) is 13.7. The molecule has 4 heteroatoms. The van der Waals surface area contributed by atoms with Crippen LogP contribution in [-0.2, 0) is 10.8 Å². The van der Waals surface area contributed by atoms with E-state index >= 15 is 0 Å². The molecule has 3 nitrogen and oxygen atoms in total. The van der Waals surface area contributed by atoms with Gasteiger partial charge in [-0.05, 0) is 154 Å². The number of anilines is 8. The van der Waals surface area contributed by atoms with Crippen LogP contribution in [0.5, 0.6) is 0 Å². The summed E-state index contributed by atoms with van der Waals surface area (Å²) in [6, 6.07) is 64.0. The van der Waals surface area contributed by atoms with Gasteiger partial charge in [0.05, 0.1) is 5.54 Å². The molecule has 0 aromatic heterocycles. The Morgan fingerprint density at radius 2 is 1.24 bits per heavy atom. The van der Waals surface area contributed by atoms with E-state index in [0.29, 0.717) is 0 Å². The van der Waals surface area contributed by atoms with E-state index < -0.39 is 0 Å². The first-order valence-electron chi connectivity index (χ1n) is 23.1. The van der Waals surface area contributed by atoms with E-state index in [9.17, 15) is 0 Å². The highest BCUT2D eigenvalue weighted by Gasteiger charge is 2.61. The Labute approximate surface area is 373 Å². The first-order chi connectivity index (χ1) is 30.5. The van der Waals surface area contributed by atoms with Crippen molar-refractivity contribution in [2.45, 2.75) is 83.6 Å². The molecule has 0 radical (unpaired) electrons. The highest BCUT2D eigenvalue weighted by Crippen LogP contribution is 2.62. The van der Waals surface area contributed by atoms with Crippen LogP contribution in [0.3, 0.4) is 0 Å². The van der Waals surface area contributed by atoms with Gasteiger partial charge in [0.15, 0.2) is 0 Å². The lowest BCUT2D eigenvalue weighted by Crippen LogP contribution is -2.64. The van der Waals surface area contributed by atoms with Crippen LogP contribution in [0.4, 0.5) is 45.5 Å². The molecule has 0 N–H and O–H groups in total. The molecule has 8 aromatic carbocycles. The fourth-order valence-electron chi connectivity index (χ4n) is 12.1. The van der Waals surface area contributed by atoms with Gasteiger partial charge in [-0.3, -0.25) is 0 Å². The highest BCUT2D eigenvalue weighted by molar-refractivity contribution is 7.00. The van der Waals surface area contributed by atoms with Crippen molar-refractivity contribution in [3.8, 4) is 11.1 Å². The van der Waals surface area contributed by atoms with Crippen molar-refractivity contribution < 1.29 is 0 Å². The van der Waals surface area contributed by atoms with Crippen LogP contribution in [0.15, 0.2) is 170 Å². The zero-order valence-corrected chi connectivity index (χ0v) is 37.4. The second-order valence-electron chi connectivity index (χ2n) is 20.2. The summed E-state index contributed by atoms with van der Waals surface area (Å²) in [5.41, 5.74) is 21.0. The first kappa shape index (κ1) is 38.2. The fraction of sp³-hybridized carbons (Fsp3) is 0.220. The summed E-state index contributed by atoms with van der Waals surface area (Å²) in [6.07, 6.45) is 4.95. The third-order valence-electron chi connectivity index (χ3n) is 15.5. The van der Waals surface area contributed by atoms with Crippen LogP contribution >= 0.6 is 0 Å². The predicted molar refractivity (Wildman–Crippen MR) is 270 cm³/mol. The van der Waals surface area contributed by atoms with E-state index in [1.165, 1.54) is 104 Å². The molecule has 1 fully saturated rings. The summed E-state index contributed by atoms with van der Waals surface area (Å²) < 4.78 is 0. The SMILES string of the molecule is Cc1cc2c3c(c1)N1c4c(cc(C(C)(C)C)cc4C4(C)CCCCC14C)B3c1ccc(N(c3ccccc3)c3cccc(-c4ccc5ccccc5c4)c3)cc1N2c1ccccc1. The number of nitrogens with zero attached hydrogens (tertiary/aromatic N) is 3. The third kappa shape index (κ3) is 5.59. The van der Waals surface area contributed by atoms with Gasteiger partial charge in [0.2, 0.25) is 0 Å². The van der Waals surface area contributed by atoms with Crippen LogP contribution in [0, 0.1) is 6.92 Å². The highest BCUT2D eigenvalue weighted by atomic mass is 15.3. The lowest BCUT2D eigenvalue weighted by molar-refractivity contribution is 0.195. The van der Waals surface area contributed by atoms with Crippen LogP contribution in [0.1, 0.15) is 77.0 Å². The molecule has 0 spiro atoms. The minimum atomic E-state index is -0.0232. The summed E-state index contributed by atoms with van der Waals surface area (Å²) in [7, 11) is 0. The molecule has 8 aromatic rings. The first-order valence-corrected chi connectivity index (χ1v) is 23.1. The van der Waals surface area contributed by atoms with Crippen LogP contribution in [0.25, 0.3) is 21.9 Å². The van der Waals surface area contributed by atoms with Gasteiger partial charge >= 0.3 is 0 Å². The average molecular weight is 816 g/mol. The summed E-state index contributed by atoms with van der Waals surface area (Å²) >= 11 is 0. The lowest BCUT2D eigenvalue weighted by Gasteiger charge is -2.52. The Morgan fingerprint density at radius 3 is 2.03 bits per heavy atom. The van der Waals surface area contributed by atoms with Crippen molar-refractivity contribution in [1.29, 1.82) is 0 Å². The summed E-state index contributed by atoms with van der Waals surface area (Å²) in [4.78, 5) is 7.87. The Kier molecular flexibility index (Phi) is 8.33. The van der Waals surface area contributed by atoms with Gasteiger partial charge in [0.1, 0.15) is 0 Å². The largest absolute Gasteiger partial charge is 0.335 e. The summed E-state index contributed by atoms with van der Waals surface area (Å²) in [5, 5.41) is 2.51. The number of aryl methyl sites for hydroxylation is 1. The molecule has 4 aliphatic rings. The van der Waals surface area contributed by atoms with Gasteiger partial charge in [-0.15, -0.1) is 0 Å². The average Bonchev–Trinajstić information content (AvgIpc) is 3.51. The zero-order valence-electron chi connectivity index (χ0n) is 37.4. The van der Waals surface area contributed by atoms with E-state index in [2.05, 4.69) is 226 Å². The molecule has 1 saturated carbocycles. The molecule has 308 valence electrons. The van der Waals surface area contributed by atoms with Crippen LogP contribution in [0.2, 0.25) is 0 Å². The van der Waals surface area contributed by atoms with Crippen molar-refractivity contribution in [1.82, 2.24) is 0 Å². The van der Waals surface area contributed by atoms with E-state index in [4.69, 9.17) is 0 Å². The van der Waals surface area contributed by atoms with Crippen molar-refractivity contribution >= 4 is 79.4 Å². The predicted octanol–water partition coefficient (Wildman–Crippen LogP) is 13.9. The Morgan fingerprint density at radius 1 is 0.556 bits per heavy atom. The maximum absolute atomic E-state index is 2.85. The molecule has 0 saturated heterocycles. The van der Waals surface area contributed by atoms with Gasteiger partial charge in [0.25, 0.3) is 6.71 Å². The van der Waals surface area contributed by atoms with Gasteiger partial charge in [-0.25, -0.2) is 0 Å². The van der Waals surface area contributed by atoms with Crippen molar-refractivity contribution in [3.63, 3.8) is 0 Å². The molecule has 0 bridgehead atoms. The second-order valence-corrected chi connectivity index (χ2v) is 20.2. The molecule has 3 aliphatic heterocycles. The van der Waals surface area contributed by atoms with Crippen LogP contribution < -0.4 is 31.1 Å². The number of benzene rings is 8. The number of para-hydroxylation sites is 2. The summed E-state index contributed by atoms with van der Waals surface area (Å²) in [5.74, 6) is 0. The molecule has 3 heterocycles. The molecule has 63 heavy (non-hydrogen) atoms. The van der Waals surface area contributed by atoms with E-state index in [0.717, 1.165) is 17.1 Å². The van der Waals surface area contributed by atoms with E-state index in [1.54, 1.807) is 5.56 Å². The number of fused-ring (bicyclic) bond motifs is 8. The minimum absolute atomic E-state index is 0.00571. The normalized spacial score (nSPS) is 19.4. The summed E-state index contributed by atoms with van der Waals surface area (Å²) in [6.45, 7) is 14.8. The number of rotatable bonds is 5. The van der Waals surface area contributed by atoms with Crippen molar-refractivity contribution in [2.75, 3.05) is 14.7 Å². The maximum Gasteiger partial charge on any atom is 0.252 e. The van der Waals surface area contributed by atoms with Gasteiger partial charge in [0, 0.05) is 50.9 Å². The Balaban J connectivity index is 1.11. The molecule has 1 aliphatic carbocycles. The molecule has 12 rings (SSSR count). The van der Waals surface area contributed by atoms with Gasteiger partial charge in [-0.2, -0.15) is 0 Å². The van der Waals surface area contributed by atoms with E-state index in [-0.39, 0.29) is 23.1 Å². The molecular formula is C59H54BN3. The Hall–Kier alpha value is -6.52. The number of hydrogen-bond donors (Lipinski definition) is 0. The molecule has 2 unspecified atom stereocenters.